The van der Waals surface area contributed by atoms with Crippen LogP contribution in [0, 0.1) is 5.82 Å². The fourth-order valence-electron chi connectivity index (χ4n) is 5.27. The van der Waals surface area contributed by atoms with Crippen LogP contribution in [-0.2, 0) is 19.6 Å². The third kappa shape index (κ3) is 6.31. The van der Waals surface area contributed by atoms with Crippen LogP contribution in [-0.4, -0.2) is 58.0 Å². The van der Waals surface area contributed by atoms with Gasteiger partial charge in [0.15, 0.2) is 0 Å². The van der Waals surface area contributed by atoms with Gasteiger partial charge in [-0.25, -0.2) is 9.37 Å². The molecule has 0 aliphatic carbocycles. The summed E-state index contributed by atoms with van der Waals surface area (Å²) < 4.78 is 16.0. The van der Waals surface area contributed by atoms with Gasteiger partial charge in [0.2, 0.25) is 0 Å². The molecule has 3 aromatic rings. The molecule has 1 N–H and O–H groups in total. The lowest BCUT2D eigenvalue weighted by Crippen LogP contribution is -2.32. The van der Waals surface area contributed by atoms with Crippen LogP contribution in [0.1, 0.15) is 67.7 Å². The summed E-state index contributed by atoms with van der Waals surface area (Å²) in [6, 6.07) is 13.1. The van der Waals surface area contributed by atoms with E-state index in [4.69, 9.17) is 4.98 Å². The standard InChI is InChI=1S/C29H40FN5O/c1-4-15-34(29(36)23-8-6-9-24(30)19-23)21-28-32-26-18-22(11-12-27(26)35(28)16-5-2)20-31-14-13-25-10-7-17-33(25)3/h6,8-9,11-12,18-19,25,31H,4-5,7,10,13-17,20-21H2,1-3H3. The maximum Gasteiger partial charge on any atom is 0.254 e. The van der Waals surface area contributed by atoms with Crippen LogP contribution in [0.3, 0.4) is 0 Å². The maximum absolute atomic E-state index is 13.8. The normalized spacial score (nSPS) is 16.2. The number of aryl methyl sites for hydroxylation is 1. The first-order chi connectivity index (χ1) is 17.5. The second-order valence-corrected chi connectivity index (χ2v) is 9.98. The maximum atomic E-state index is 13.8. The quantitative estimate of drug-likeness (QED) is 0.352. The monoisotopic (exact) mass is 493 g/mol. The van der Waals surface area contributed by atoms with Gasteiger partial charge in [-0.1, -0.05) is 26.0 Å². The minimum absolute atomic E-state index is 0.163. The van der Waals surface area contributed by atoms with E-state index in [0.29, 0.717) is 24.7 Å². The first-order valence-corrected chi connectivity index (χ1v) is 13.4. The summed E-state index contributed by atoms with van der Waals surface area (Å²) in [5.41, 5.74) is 3.65. The highest BCUT2D eigenvalue weighted by Gasteiger charge is 2.21. The SMILES string of the molecule is CCCN(Cc1nc2cc(CNCCC3CCCN3C)ccc2n1CCC)C(=O)c1cccc(F)c1. The molecular formula is C29H40FN5O. The molecule has 1 atom stereocenters. The predicted molar refractivity (Wildman–Crippen MR) is 143 cm³/mol. The van der Waals surface area contributed by atoms with E-state index in [0.717, 1.165) is 49.3 Å². The van der Waals surface area contributed by atoms with Crippen molar-refractivity contribution in [3.63, 3.8) is 0 Å². The van der Waals surface area contributed by atoms with E-state index in [1.807, 2.05) is 6.92 Å². The Morgan fingerprint density at radius 2 is 2.06 bits per heavy atom. The molecule has 2 heterocycles. The van der Waals surface area contributed by atoms with E-state index < -0.39 is 5.82 Å². The summed E-state index contributed by atoms with van der Waals surface area (Å²) in [7, 11) is 2.23. The van der Waals surface area contributed by atoms with Crippen LogP contribution in [0.5, 0.6) is 0 Å². The van der Waals surface area contributed by atoms with Crippen molar-refractivity contribution in [3.8, 4) is 0 Å². The largest absolute Gasteiger partial charge is 0.331 e. The number of aromatic nitrogens is 2. The number of benzene rings is 2. The van der Waals surface area contributed by atoms with E-state index in [1.165, 1.54) is 43.5 Å². The van der Waals surface area contributed by atoms with E-state index in [9.17, 15) is 9.18 Å². The number of halogens is 1. The van der Waals surface area contributed by atoms with Crippen LogP contribution in [0.25, 0.3) is 11.0 Å². The highest BCUT2D eigenvalue weighted by molar-refractivity contribution is 5.94. The van der Waals surface area contributed by atoms with Gasteiger partial charge in [-0.05, 0) is 88.1 Å². The fourth-order valence-corrected chi connectivity index (χ4v) is 5.27. The number of nitrogens with one attached hydrogen (secondary N) is 1. The minimum Gasteiger partial charge on any atom is -0.331 e. The third-order valence-corrected chi connectivity index (χ3v) is 7.18. The number of likely N-dealkylation sites (tertiary alicyclic amines) is 1. The molecule has 0 radical (unpaired) electrons. The van der Waals surface area contributed by atoms with Gasteiger partial charge in [-0.15, -0.1) is 0 Å². The number of hydrogen-bond donors (Lipinski definition) is 1. The van der Waals surface area contributed by atoms with Crippen LogP contribution in [0.2, 0.25) is 0 Å². The summed E-state index contributed by atoms with van der Waals surface area (Å²) >= 11 is 0. The molecule has 0 saturated carbocycles. The number of rotatable bonds is 12. The van der Waals surface area contributed by atoms with Crippen LogP contribution in [0.4, 0.5) is 4.39 Å². The molecule has 36 heavy (non-hydrogen) atoms. The molecule has 1 fully saturated rings. The molecule has 0 bridgehead atoms. The van der Waals surface area contributed by atoms with Gasteiger partial charge in [0.1, 0.15) is 11.6 Å². The van der Waals surface area contributed by atoms with Gasteiger partial charge < -0.3 is 19.7 Å². The minimum atomic E-state index is -0.396. The van der Waals surface area contributed by atoms with E-state index in [2.05, 4.69) is 47.0 Å². The molecule has 0 spiro atoms. The Bertz CT molecular complexity index is 1160. The predicted octanol–water partition coefficient (Wildman–Crippen LogP) is 5.21. The molecule has 4 rings (SSSR count). The molecule has 194 valence electrons. The zero-order valence-electron chi connectivity index (χ0n) is 22.0. The van der Waals surface area contributed by atoms with Gasteiger partial charge in [0, 0.05) is 31.2 Å². The lowest BCUT2D eigenvalue weighted by molar-refractivity contribution is 0.0736. The van der Waals surface area contributed by atoms with Crippen molar-refractivity contribution in [1.29, 1.82) is 0 Å². The first-order valence-electron chi connectivity index (χ1n) is 13.4. The molecule has 1 aromatic heterocycles. The lowest BCUT2D eigenvalue weighted by atomic mass is 10.1. The van der Waals surface area contributed by atoms with Crippen molar-refractivity contribution in [2.24, 2.45) is 0 Å². The Hall–Kier alpha value is -2.77. The summed E-state index contributed by atoms with van der Waals surface area (Å²) in [6.07, 6.45) is 5.59. The van der Waals surface area contributed by atoms with Crippen LogP contribution < -0.4 is 5.32 Å². The lowest BCUT2D eigenvalue weighted by Gasteiger charge is -2.22. The van der Waals surface area contributed by atoms with Crippen molar-refractivity contribution in [1.82, 2.24) is 24.7 Å². The molecule has 1 saturated heterocycles. The van der Waals surface area contributed by atoms with Gasteiger partial charge >= 0.3 is 0 Å². The average molecular weight is 494 g/mol. The summed E-state index contributed by atoms with van der Waals surface area (Å²) in [5, 5.41) is 3.60. The van der Waals surface area contributed by atoms with Crippen molar-refractivity contribution in [2.45, 2.75) is 71.6 Å². The van der Waals surface area contributed by atoms with Gasteiger partial charge in [0.25, 0.3) is 5.91 Å². The molecule has 7 heteroatoms. The molecule has 1 aliphatic rings. The van der Waals surface area contributed by atoms with E-state index in [-0.39, 0.29) is 5.91 Å². The molecule has 6 nitrogen and oxygen atoms in total. The average Bonchev–Trinajstić information content (AvgIpc) is 3.43. The summed E-state index contributed by atoms with van der Waals surface area (Å²) in [4.78, 5) is 22.4. The number of fused-ring (bicyclic) bond motifs is 1. The van der Waals surface area contributed by atoms with Gasteiger partial charge in [-0.2, -0.15) is 0 Å². The number of imidazole rings is 1. The second-order valence-electron chi connectivity index (χ2n) is 9.98. The molecule has 1 amide bonds. The van der Waals surface area contributed by atoms with Crippen molar-refractivity contribution >= 4 is 16.9 Å². The van der Waals surface area contributed by atoms with Gasteiger partial charge in [-0.3, -0.25) is 4.79 Å². The number of hydrogen-bond acceptors (Lipinski definition) is 4. The Kier molecular flexibility index (Phi) is 9.10. The Balaban J connectivity index is 1.48. The highest BCUT2D eigenvalue weighted by atomic mass is 19.1. The van der Waals surface area contributed by atoms with Crippen molar-refractivity contribution in [2.75, 3.05) is 26.7 Å². The summed E-state index contributed by atoms with van der Waals surface area (Å²) in [5.74, 6) is 0.315. The first kappa shape index (κ1) is 26.3. The fraction of sp³-hybridized carbons (Fsp3) is 0.517. The number of nitrogens with zero attached hydrogens (tertiary/aromatic N) is 4. The van der Waals surface area contributed by atoms with E-state index in [1.54, 1.807) is 17.0 Å². The number of carbonyl (C=O) groups is 1. The van der Waals surface area contributed by atoms with Crippen molar-refractivity contribution < 1.29 is 9.18 Å². The molecular weight excluding hydrogens is 453 g/mol. The van der Waals surface area contributed by atoms with E-state index >= 15 is 0 Å². The van der Waals surface area contributed by atoms with Crippen molar-refractivity contribution in [3.05, 3.63) is 65.2 Å². The molecule has 2 aromatic carbocycles. The smallest absolute Gasteiger partial charge is 0.254 e. The highest BCUT2D eigenvalue weighted by Crippen LogP contribution is 2.22. The Morgan fingerprint density at radius 3 is 2.78 bits per heavy atom. The number of amides is 1. The molecule has 1 aliphatic heterocycles. The van der Waals surface area contributed by atoms with Gasteiger partial charge in [0.05, 0.1) is 17.6 Å². The Morgan fingerprint density at radius 1 is 1.19 bits per heavy atom. The van der Waals surface area contributed by atoms with Crippen LogP contribution >= 0.6 is 0 Å². The topological polar surface area (TPSA) is 53.4 Å². The second kappa shape index (κ2) is 12.5. The zero-order chi connectivity index (χ0) is 25.5. The van der Waals surface area contributed by atoms with Crippen LogP contribution in [0.15, 0.2) is 42.5 Å². The number of carbonyl (C=O) groups excluding carboxylic acids is 1. The summed E-state index contributed by atoms with van der Waals surface area (Å²) in [6.45, 7) is 9.08. The Labute approximate surface area is 214 Å². The zero-order valence-corrected chi connectivity index (χ0v) is 22.0. The molecule has 1 unspecified atom stereocenters. The third-order valence-electron chi connectivity index (χ3n) is 7.18.